The van der Waals surface area contributed by atoms with Crippen LogP contribution < -0.4 is 8.37 Å². The van der Waals surface area contributed by atoms with Crippen molar-refractivity contribution in [3.8, 4) is 45.3 Å². The van der Waals surface area contributed by atoms with Gasteiger partial charge in [-0.15, -0.1) is 0 Å². The summed E-state index contributed by atoms with van der Waals surface area (Å²) in [6.07, 6.45) is 3.28. The second-order valence-electron chi connectivity index (χ2n) is 12.6. The summed E-state index contributed by atoms with van der Waals surface area (Å²) in [6.45, 7) is 1.94. The maximum absolute atomic E-state index is 11.2. The van der Waals surface area contributed by atoms with Crippen molar-refractivity contribution < 1.29 is 44.5 Å². The molecule has 252 valence electrons. The summed E-state index contributed by atoms with van der Waals surface area (Å²) in [5.41, 5.74) is 9.47. The van der Waals surface area contributed by atoms with E-state index >= 15 is 0 Å². The molecule has 2 aliphatic heterocycles. The fourth-order valence-corrected chi connectivity index (χ4v) is 8.44. The maximum Gasteiger partial charge on any atom is 0.446 e. The van der Waals surface area contributed by atoms with Crippen molar-refractivity contribution in [3.05, 3.63) is 94.0 Å². The Kier molecular flexibility index (Phi) is 7.93. The predicted molar refractivity (Wildman–Crippen MR) is 177 cm³/mol. The Hall–Kier alpha value is -4.18. The summed E-state index contributed by atoms with van der Waals surface area (Å²) >= 11 is 0. The fourth-order valence-electron chi connectivity index (χ4n) is 7.70. The minimum atomic E-state index is -4.73. The molecule has 0 unspecified atom stereocenters. The van der Waals surface area contributed by atoms with Gasteiger partial charge in [-0.05, 0) is 96.4 Å². The van der Waals surface area contributed by atoms with Gasteiger partial charge in [-0.3, -0.25) is 18.9 Å². The molecule has 0 saturated heterocycles. The summed E-state index contributed by atoms with van der Waals surface area (Å²) in [5.74, 6) is -1.05. The van der Waals surface area contributed by atoms with Crippen LogP contribution in [0.15, 0.2) is 60.7 Å². The number of nitrogens with zero attached hydrogens (tertiary/aromatic N) is 2. The fraction of sp³-hybridized carbons (Fsp3) is 0.294. The van der Waals surface area contributed by atoms with Crippen molar-refractivity contribution in [2.24, 2.45) is 0 Å². The number of hydrogen-bond donors (Lipinski definition) is 4. The molecule has 0 bridgehead atoms. The molecule has 4 aromatic carbocycles. The molecule has 0 saturated carbocycles. The summed E-state index contributed by atoms with van der Waals surface area (Å²) in [7, 11) is -5.26. The molecule has 0 aromatic heterocycles. The third-order valence-corrected chi connectivity index (χ3v) is 10.6. The molecule has 0 fully saturated rings. The van der Waals surface area contributed by atoms with Gasteiger partial charge in [0.1, 0.15) is 0 Å². The lowest BCUT2D eigenvalue weighted by atomic mass is 9.77. The van der Waals surface area contributed by atoms with E-state index in [1.807, 2.05) is 24.3 Å². The Bertz CT molecular complexity index is 2190. The van der Waals surface area contributed by atoms with Crippen LogP contribution in [0.25, 0.3) is 22.3 Å². The van der Waals surface area contributed by atoms with Gasteiger partial charge in [0, 0.05) is 36.3 Å². The molecule has 48 heavy (non-hydrogen) atoms. The first-order valence-electron chi connectivity index (χ1n) is 15.4. The summed E-state index contributed by atoms with van der Waals surface area (Å²) in [4.78, 5) is 4.58. The summed E-state index contributed by atoms with van der Waals surface area (Å²) in [5, 5.41) is 20.7. The van der Waals surface area contributed by atoms with Gasteiger partial charge in [0.15, 0.2) is 23.0 Å². The molecule has 8 rings (SSSR count). The van der Waals surface area contributed by atoms with E-state index in [0.29, 0.717) is 17.5 Å². The van der Waals surface area contributed by atoms with E-state index in [4.69, 9.17) is 13.3 Å². The zero-order valence-electron chi connectivity index (χ0n) is 26.1. The second-order valence-corrected chi connectivity index (χ2v) is 14.6. The first-order valence-corrected chi connectivity index (χ1v) is 18.1. The van der Waals surface area contributed by atoms with Gasteiger partial charge in [0.2, 0.25) is 0 Å². The Morgan fingerprint density at radius 2 is 1.15 bits per heavy atom. The monoisotopic (exact) mass is 694 g/mol. The van der Waals surface area contributed by atoms with Gasteiger partial charge in [0.05, 0.1) is 0 Å². The molecule has 0 spiro atoms. The van der Waals surface area contributed by atoms with Crippen LogP contribution in [0.2, 0.25) is 0 Å². The number of fused-ring (bicyclic) bond motifs is 4. The van der Waals surface area contributed by atoms with Gasteiger partial charge in [0.25, 0.3) is 0 Å². The van der Waals surface area contributed by atoms with Crippen LogP contribution in [0.4, 0.5) is 0 Å². The van der Waals surface area contributed by atoms with E-state index in [0.717, 1.165) is 60.2 Å². The highest BCUT2D eigenvalue weighted by Crippen LogP contribution is 2.52. The molecule has 0 radical (unpaired) electrons. The summed E-state index contributed by atoms with van der Waals surface area (Å²) in [6, 6.07) is 18.6. The lowest BCUT2D eigenvalue weighted by molar-refractivity contribution is 0.228. The highest BCUT2D eigenvalue weighted by atomic mass is 32.3. The molecule has 2 aliphatic carbocycles. The van der Waals surface area contributed by atoms with Crippen LogP contribution in [0.3, 0.4) is 0 Å². The average Bonchev–Trinajstić information content (AvgIpc) is 3.02. The minimum absolute atomic E-state index is 0.209. The van der Waals surface area contributed by atoms with Crippen molar-refractivity contribution in [2.75, 3.05) is 27.2 Å². The van der Waals surface area contributed by atoms with Crippen LogP contribution in [0.1, 0.15) is 45.5 Å². The van der Waals surface area contributed by atoms with Gasteiger partial charge < -0.3 is 18.6 Å². The average molecular weight is 695 g/mol. The van der Waals surface area contributed by atoms with Crippen LogP contribution in [-0.4, -0.2) is 73.1 Å². The highest BCUT2D eigenvalue weighted by molar-refractivity contribution is 7.81. The molecule has 4 aromatic rings. The van der Waals surface area contributed by atoms with Crippen molar-refractivity contribution in [1.29, 1.82) is 0 Å². The first kappa shape index (κ1) is 32.4. The topological polar surface area (TPSA) is 174 Å². The second kappa shape index (κ2) is 11.8. The van der Waals surface area contributed by atoms with Crippen molar-refractivity contribution in [3.63, 3.8) is 0 Å². The van der Waals surface area contributed by atoms with E-state index in [1.54, 1.807) is 12.1 Å². The maximum atomic E-state index is 11.2. The lowest BCUT2D eigenvalue weighted by Crippen LogP contribution is -2.35. The van der Waals surface area contributed by atoms with Gasteiger partial charge >= 0.3 is 20.8 Å². The molecule has 2 heterocycles. The van der Waals surface area contributed by atoms with Crippen molar-refractivity contribution in [2.45, 2.75) is 37.8 Å². The number of aromatic hydroxyl groups is 2. The number of likely N-dealkylation sites (N-methyl/N-ethyl adjacent to an activating group) is 2. The zero-order valence-corrected chi connectivity index (χ0v) is 27.8. The lowest BCUT2D eigenvalue weighted by Gasteiger charge is -2.40. The zero-order chi connectivity index (χ0) is 34.1. The molecule has 14 heteroatoms. The van der Waals surface area contributed by atoms with E-state index in [-0.39, 0.29) is 35.1 Å². The number of phenolic OH excluding ortho intramolecular Hbond substituents is 2. The van der Waals surface area contributed by atoms with E-state index in [9.17, 15) is 27.0 Å². The Balaban J connectivity index is 0.000000152. The van der Waals surface area contributed by atoms with Gasteiger partial charge in [-0.25, -0.2) is 0 Å². The normalized spacial score (nSPS) is 19.5. The van der Waals surface area contributed by atoms with Crippen molar-refractivity contribution >= 4 is 20.8 Å². The van der Waals surface area contributed by atoms with E-state index in [2.05, 4.69) is 40.2 Å². The third kappa shape index (κ3) is 5.78. The molecule has 12 nitrogen and oxygen atoms in total. The smallest absolute Gasteiger partial charge is 0.446 e. The third-order valence-electron chi connectivity index (χ3n) is 9.79. The Morgan fingerprint density at radius 3 is 1.69 bits per heavy atom. The quantitative estimate of drug-likeness (QED) is 0.218. The standard InChI is InChI=1S/2C17H17NO5S/c1-18-8-7-10-3-2-4-12-15(10)13(18)9-11-5-6-14(17(19)16(11)12)23-24(20,21)22;1-18-8-7-10-3-2-4-12-15(10)13(18)9-11-5-6-14(19)17(16(11)12)23-24(20,21)22/h2*2-6,13,19H,7-9H2,1H3,(H,20,21,22)/t2*13-/m11/s1. The Labute approximate surface area is 278 Å². The largest absolute Gasteiger partial charge is 0.504 e. The number of rotatable bonds is 4. The molecular formula is C34H34N2O10S2. The predicted octanol–water partition coefficient (Wildman–Crippen LogP) is 4.65. The number of phenols is 2. The first-order chi connectivity index (χ1) is 22.7. The van der Waals surface area contributed by atoms with Crippen LogP contribution in [0, 0.1) is 0 Å². The molecule has 4 aliphatic rings. The number of benzene rings is 4. The van der Waals surface area contributed by atoms with Crippen LogP contribution >= 0.6 is 0 Å². The molecular weight excluding hydrogens is 661 g/mol. The van der Waals surface area contributed by atoms with E-state index in [1.165, 1.54) is 28.8 Å². The molecule has 2 atom stereocenters. The number of hydrogen-bond acceptors (Lipinski definition) is 10. The van der Waals surface area contributed by atoms with E-state index < -0.39 is 20.8 Å². The van der Waals surface area contributed by atoms with Crippen LogP contribution in [0.5, 0.6) is 23.0 Å². The SMILES string of the molecule is CN1CCc2cccc3c2[C@H]1Cc1ccc(O)c(OS(=O)(=O)O)c1-3.CN1CCc2cccc3c2[C@H]1Cc1ccc(OS(=O)(=O)O)c(O)c1-3. The summed E-state index contributed by atoms with van der Waals surface area (Å²) < 4.78 is 71.6. The van der Waals surface area contributed by atoms with Gasteiger partial charge in [-0.2, -0.15) is 16.8 Å². The molecule has 4 N–H and O–H groups in total. The highest BCUT2D eigenvalue weighted by Gasteiger charge is 2.36. The molecule has 0 amide bonds. The minimum Gasteiger partial charge on any atom is -0.504 e. The van der Waals surface area contributed by atoms with Crippen molar-refractivity contribution in [1.82, 2.24) is 9.80 Å². The van der Waals surface area contributed by atoms with Gasteiger partial charge in [-0.1, -0.05) is 48.5 Å². The van der Waals surface area contributed by atoms with Crippen LogP contribution in [-0.2, 0) is 46.5 Å². The Morgan fingerprint density at radius 1 is 0.646 bits per heavy atom.